The van der Waals surface area contributed by atoms with E-state index < -0.39 is 17.7 Å². The number of unbranched alkanes of at least 4 members (excludes halogenated alkanes) is 1. The SMILES string of the molecule is CC(C)(C)NC(=O)O[C@@H](CCCCNC(=O)Cc1cccs1)C(=O)N(Cc1cccs1)Cc1cccs1. The van der Waals surface area contributed by atoms with Crippen molar-refractivity contribution in [3.63, 3.8) is 0 Å². The predicted molar refractivity (Wildman–Crippen MR) is 151 cm³/mol. The van der Waals surface area contributed by atoms with Crippen LogP contribution in [0.25, 0.3) is 0 Å². The number of carbonyl (C=O) groups is 3. The number of amides is 3. The van der Waals surface area contributed by atoms with Gasteiger partial charge in [-0.2, -0.15) is 0 Å². The third-order valence-corrected chi connectivity index (χ3v) is 7.90. The number of hydrogen-bond acceptors (Lipinski definition) is 7. The highest BCUT2D eigenvalue weighted by molar-refractivity contribution is 7.10. The van der Waals surface area contributed by atoms with Gasteiger partial charge in [-0.25, -0.2) is 4.79 Å². The number of hydrogen-bond donors (Lipinski definition) is 2. The molecular formula is C27H35N3O4S3. The minimum Gasteiger partial charge on any atom is -0.436 e. The fraction of sp³-hybridized carbons (Fsp3) is 0.444. The van der Waals surface area contributed by atoms with E-state index in [-0.39, 0.29) is 11.8 Å². The Morgan fingerprint density at radius 1 is 0.892 bits per heavy atom. The van der Waals surface area contributed by atoms with Crippen LogP contribution in [-0.2, 0) is 33.8 Å². The minimum absolute atomic E-state index is 0.0195. The fourth-order valence-corrected chi connectivity index (χ4v) is 5.75. The zero-order chi connectivity index (χ0) is 26.7. The molecular weight excluding hydrogens is 527 g/mol. The highest BCUT2D eigenvalue weighted by Crippen LogP contribution is 2.20. The van der Waals surface area contributed by atoms with Crippen LogP contribution in [0, 0.1) is 0 Å². The predicted octanol–water partition coefficient (Wildman–Crippen LogP) is 5.82. The summed E-state index contributed by atoms with van der Waals surface area (Å²) in [5.74, 6) is -0.235. The van der Waals surface area contributed by atoms with Crippen LogP contribution in [0.15, 0.2) is 52.5 Å². The first-order valence-corrected chi connectivity index (χ1v) is 14.9. The van der Waals surface area contributed by atoms with Crippen molar-refractivity contribution in [3.8, 4) is 0 Å². The Bertz CT molecular complexity index is 1050. The zero-order valence-corrected chi connectivity index (χ0v) is 24.0. The van der Waals surface area contributed by atoms with Crippen molar-refractivity contribution in [1.29, 1.82) is 0 Å². The molecule has 200 valence electrons. The Morgan fingerprint density at radius 3 is 1.97 bits per heavy atom. The first-order chi connectivity index (χ1) is 17.7. The molecule has 0 saturated heterocycles. The molecule has 3 amide bonds. The van der Waals surface area contributed by atoms with Crippen molar-refractivity contribution < 1.29 is 19.1 Å². The molecule has 0 radical (unpaired) electrons. The van der Waals surface area contributed by atoms with E-state index in [1.54, 1.807) is 38.9 Å². The smallest absolute Gasteiger partial charge is 0.408 e. The standard InChI is InChI=1S/C27H35N3O4S3/c1-27(2,3)29-26(33)34-23(12-4-5-13-28-24(31)17-20-9-6-14-35-20)25(32)30(18-21-10-7-15-36-21)19-22-11-8-16-37-22/h6-11,14-16,23H,4-5,12-13,17-19H2,1-3H3,(H,28,31)(H,29,33)/t23-/m0/s1. The van der Waals surface area contributed by atoms with E-state index in [2.05, 4.69) is 10.6 Å². The molecule has 0 bridgehead atoms. The monoisotopic (exact) mass is 561 g/mol. The van der Waals surface area contributed by atoms with Gasteiger partial charge in [0.05, 0.1) is 19.5 Å². The zero-order valence-electron chi connectivity index (χ0n) is 21.5. The molecule has 10 heteroatoms. The van der Waals surface area contributed by atoms with Gasteiger partial charge < -0.3 is 20.3 Å². The van der Waals surface area contributed by atoms with Crippen LogP contribution in [0.3, 0.4) is 0 Å². The number of alkyl carbamates (subject to hydrolysis) is 1. The molecule has 3 aromatic heterocycles. The number of nitrogens with zero attached hydrogens (tertiary/aromatic N) is 1. The maximum atomic E-state index is 13.7. The van der Waals surface area contributed by atoms with Gasteiger partial charge >= 0.3 is 6.09 Å². The van der Waals surface area contributed by atoms with Gasteiger partial charge in [-0.3, -0.25) is 9.59 Å². The lowest BCUT2D eigenvalue weighted by molar-refractivity contribution is -0.142. The third kappa shape index (κ3) is 10.7. The van der Waals surface area contributed by atoms with Gasteiger partial charge in [0.2, 0.25) is 5.91 Å². The quantitative estimate of drug-likeness (QED) is 0.257. The second-order valence-corrected chi connectivity index (χ2v) is 12.8. The normalized spacial score (nSPS) is 12.1. The van der Waals surface area contributed by atoms with Crippen molar-refractivity contribution in [3.05, 3.63) is 67.2 Å². The highest BCUT2D eigenvalue weighted by atomic mass is 32.1. The molecule has 0 aliphatic carbocycles. The Kier molecular flexibility index (Phi) is 11.2. The summed E-state index contributed by atoms with van der Waals surface area (Å²) >= 11 is 4.75. The third-order valence-electron chi connectivity index (χ3n) is 5.30. The average molecular weight is 562 g/mol. The first-order valence-electron chi connectivity index (χ1n) is 12.3. The van der Waals surface area contributed by atoms with Gasteiger partial charge in [0.1, 0.15) is 0 Å². The number of rotatable bonds is 13. The Balaban J connectivity index is 1.61. The molecule has 3 heterocycles. The van der Waals surface area contributed by atoms with E-state index in [1.165, 1.54) is 0 Å². The van der Waals surface area contributed by atoms with Crippen molar-refractivity contribution in [1.82, 2.24) is 15.5 Å². The van der Waals surface area contributed by atoms with E-state index >= 15 is 0 Å². The molecule has 7 nitrogen and oxygen atoms in total. The van der Waals surface area contributed by atoms with Crippen LogP contribution in [0.4, 0.5) is 4.79 Å². The maximum Gasteiger partial charge on any atom is 0.408 e. The number of thiophene rings is 3. The Labute approximate surface area is 230 Å². The van der Waals surface area contributed by atoms with Crippen LogP contribution in [0.2, 0.25) is 0 Å². The molecule has 37 heavy (non-hydrogen) atoms. The Hall–Kier alpha value is -2.69. The van der Waals surface area contributed by atoms with Crippen molar-refractivity contribution in [2.24, 2.45) is 0 Å². The first kappa shape index (κ1) is 28.9. The molecule has 0 aromatic carbocycles. The van der Waals surface area contributed by atoms with Crippen LogP contribution in [-0.4, -0.2) is 41.0 Å². The summed E-state index contributed by atoms with van der Waals surface area (Å²) in [6.07, 6.45) is 0.536. The molecule has 0 aliphatic rings. The molecule has 3 rings (SSSR count). The number of carbonyl (C=O) groups excluding carboxylic acids is 3. The lowest BCUT2D eigenvalue weighted by atomic mass is 10.1. The summed E-state index contributed by atoms with van der Waals surface area (Å²) in [4.78, 5) is 43.4. The summed E-state index contributed by atoms with van der Waals surface area (Å²) in [7, 11) is 0. The second-order valence-electron chi connectivity index (χ2n) is 9.72. The van der Waals surface area contributed by atoms with E-state index in [4.69, 9.17) is 4.74 Å². The molecule has 0 unspecified atom stereocenters. The molecule has 3 aromatic rings. The summed E-state index contributed by atoms with van der Waals surface area (Å²) < 4.78 is 5.69. The number of ether oxygens (including phenoxy) is 1. The molecule has 0 aliphatic heterocycles. The second kappa shape index (κ2) is 14.3. The minimum atomic E-state index is -0.913. The summed E-state index contributed by atoms with van der Waals surface area (Å²) in [6.45, 7) is 7.01. The average Bonchev–Trinajstić information content (AvgIpc) is 3.60. The van der Waals surface area contributed by atoms with Crippen molar-refractivity contribution in [2.45, 2.75) is 71.2 Å². The van der Waals surface area contributed by atoms with Gasteiger partial charge in [-0.15, -0.1) is 34.0 Å². The lowest BCUT2D eigenvalue weighted by Crippen LogP contribution is -2.46. The van der Waals surface area contributed by atoms with E-state index in [0.29, 0.717) is 45.3 Å². The van der Waals surface area contributed by atoms with Gasteiger partial charge in [0.25, 0.3) is 5.91 Å². The molecule has 0 fully saturated rings. The van der Waals surface area contributed by atoms with Crippen molar-refractivity contribution >= 4 is 51.9 Å². The van der Waals surface area contributed by atoms with Crippen LogP contribution < -0.4 is 10.6 Å². The molecule has 2 N–H and O–H groups in total. The highest BCUT2D eigenvalue weighted by Gasteiger charge is 2.29. The summed E-state index contributed by atoms with van der Waals surface area (Å²) in [6, 6.07) is 11.8. The summed E-state index contributed by atoms with van der Waals surface area (Å²) in [5, 5.41) is 11.6. The van der Waals surface area contributed by atoms with E-state index in [1.807, 2.05) is 73.3 Å². The van der Waals surface area contributed by atoms with Gasteiger partial charge in [0.15, 0.2) is 6.10 Å². The maximum absolute atomic E-state index is 13.7. The van der Waals surface area contributed by atoms with Crippen LogP contribution in [0.5, 0.6) is 0 Å². The fourth-order valence-electron chi connectivity index (χ4n) is 3.61. The van der Waals surface area contributed by atoms with E-state index in [9.17, 15) is 14.4 Å². The molecule has 0 spiro atoms. The largest absolute Gasteiger partial charge is 0.436 e. The molecule has 1 atom stereocenters. The molecule has 0 saturated carbocycles. The van der Waals surface area contributed by atoms with E-state index in [0.717, 1.165) is 14.6 Å². The topological polar surface area (TPSA) is 87.7 Å². The van der Waals surface area contributed by atoms with Gasteiger partial charge in [-0.1, -0.05) is 18.2 Å². The Morgan fingerprint density at radius 2 is 1.46 bits per heavy atom. The van der Waals surface area contributed by atoms with Gasteiger partial charge in [-0.05, 0) is 74.4 Å². The lowest BCUT2D eigenvalue weighted by Gasteiger charge is -2.28. The summed E-state index contributed by atoms with van der Waals surface area (Å²) in [5.41, 5.74) is -0.481. The van der Waals surface area contributed by atoms with Crippen LogP contribution in [0.1, 0.15) is 54.7 Å². The number of nitrogens with one attached hydrogen (secondary N) is 2. The van der Waals surface area contributed by atoms with Crippen LogP contribution >= 0.6 is 34.0 Å². The van der Waals surface area contributed by atoms with Gasteiger partial charge in [0, 0.05) is 26.7 Å². The van der Waals surface area contributed by atoms with Crippen molar-refractivity contribution in [2.75, 3.05) is 6.54 Å².